The second-order valence-corrected chi connectivity index (χ2v) is 5.16. The molecule has 3 nitrogen and oxygen atoms in total. The first kappa shape index (κ1) is 11.1. The lowest BCUT2D eigenvalue weighted by atomic mass is 10.1. The number of benzene rings is 1. The molecule has 1 saturated heterocycles. The zero-order valence-electron chi connectivity index (χ0n) is 10.5. The minimum Gasteiger partial charge on any atom is -0.369 e. The Kier molecular flexibility index (Phi) is 3.04. The molecule has 2 aliphatic rings. The Hall–Kier alpha value is -1.06. The van der Waals surface area contributed by atoms with E-state index in [1.807, 2.05) is 0 Å². The highest BCUT2D eigenvalue weighted by Gasteiger charge is 2.25. The number of nitrogens with zero attached hydrogens (tertiary/aromatic N) is 2. The van der Waals surface area contributed by atoms with E-state index < -0.39 is 0 Å². The zero-order valence-corrected chi connectivity index (χ0v) is 10.5. The third-order valence-corrected chi connectivity index (χ3v) is 4.06. The van der Waals surface area contributed by atoms with Gasteiger partial charge in [-0.2, -0.15) is 0 Å². The Balaban J connectivity index is 1.70. The number of piperazine rings is 1. The van der Waals surface area contributed by atoms with Gasteiger partial charge in [0, 0.05) is 44.5 Å². The van der Waals surface area contributed by atoms with Gasteiger partial charge in [0.2, 0.25) is 0 Å². The lowest BCUT2D eigenvalue weighted by Gasteiger charge is -2.36. The Morgan fingerprint density at radius 1 is 1.29 bits per heavy atom. The van der Waals surface area contributed by atoms with E-state index in [2.05, 4.69) is 46.4 Å². The second kappa shape index (κ2) is 4.67. The summed E-state index contributed by atoms with van der Waals surface area (Å²) in [5.74, 6) is 0. The van der Waals surface area contributed by atoms with Crippen LogP contribution in [-0.2, 0) is 6.42 Å². The summed E-state index contributed by atoms with van der Waals surface area (Å²) in [6.45, 7) is 5.75. The van der Waals surface area contributed by atoms with Gasteiger partial charge in [-0.05, 0) is 25.1 Å². The van der Waals surface area contributed by atoms with Crippen molar-refractivity contribution in [2.75, 3.05) is 44.7 Å². The van der Waals surface area contributed by atoms with Gasteiger partial charge in [-0.1, -0.05) is 18.2 Å². The maximum atomic E-state index is 3.49. The molecule has 0 bridgehead atoms. The van der Waals surface area contributed by atoms with Gasteiger partial charge in [0.1, 0.15) is 0 Å². The van der Waals surface area contributed by atoms with Crippen molar-refractivity contribution in [1.29, 1.82) is 0 Å². The van der Waals surface area contributed by atoms with Crippen LogP contribution in [0.25, 0.3) is 0 Å². The zero-order chi connectivity index (χ0) is 11.7. The number of para-hydroxylation sites is 1. The van der Waals surface area contributed by atoms with Gasteiger partial charge in [-0.3, -0.25) is 4.90 Å². The van der Waals surface area contributed by atoms with Gasteiger partial charge >= 0.3 is 0 Å². The smallest absolute Gasteiger partial charge is 0.0400 e. The molecular formula is C14H21N3. The van der Waals surface area contributed by atoms with Crippen molar-refractivity contribution >= 4 is 5.69 Å². The largest absolute Gasteiger partial charge is 0.369 e. The molecule has 0 aromatic heterocycles. The van der Waals surface area contributed by atoms with Crippen molar-refractivity contribution in [1.82, 2.24) is 10.2 Å². The standard InChI is InChI=1S/C14H21N3/c1-16-9-7-15-10-13(16)11-17-8-6-12-4-2-3-5-14(12)17/h2-5,13,15H,6-11H2,1H3. The molecule has 2 heterocycles. The van der Waals surface area contributed by atoms with Crippen LogP contribution < -0.4 is 10.2 Å². The fourth-order valence-electron chi connectivity index (χ4n) is 2.92. The van der Waals surface area contributed by atoms with Crippen LogP contribution in [0.4, 0.5) is 5.69 Å². The van der Waals surface area contributed by atoms with Gasteiger partial charge in [0.15, 0.2) is 0 Å². The normalized spacial score (nSPS) is 25.0. The Morgan fingerprint density at radius 2 is 2.18 bits per heavy atom. The first-order valence-corrected chi connectivity index (χ1v) is 6.58. The Morgan fingerprint density at radius 3 is 3.06 bits per heavy atom. The highest BCUT2D eigenvalue weighted by Crippen LogP contribution is 2.27. The van der Waals surface area contributed by atoms with Gasteiger partial charge in [0.25, 0.3) is 0 Å². The predicted molar refractivity (Wildman–Crippen MR) is 71.6 cm³/mol. The molecule has 0 spiro atoms. The molecule has 0 aliphatic carbocycles. The van der Waals surface area contributed by atoms with E-state index in [0.29, 0.717) is 6.04 Å². The van der Waals surface area contributed by atoms with E-state index in [9.17, 15) is 0 Å². The molecule has 1 aromatic carbocycles. The number of rotatable bonds is 2. The topological polar surface area (TPSA) is 18.5 Å². The molecule has 3 rings (SSSR count). The molecule has 2 aliphatic heterocycles. The average Bonchev–Trinajstić information content (AvgIpc) is 2.76. The molecule has 17 heavy (non-hydrogen) atoms. The minimum absolute atomic E-state index is 0.648. The Labute approximate surface area is 103 Å². The van der Waals surface area contributed by atoms with E-state index in [4.69, 9.17) is 0 Å². The maximum Gasteiger partial charge on any atom is 0.0400 e. The van der Waals surface area contributed by atoms with Crippen molar-refractivity contribution < 1.29 is 0 Å². The first-order chi connectivity index (χ1) is 8.34. The number of nitrogens with one attached hydrogen (secondary N) is 1. The summed E-state index contributed by atoms with van der Waals surface area (Å²) < 4.78 is 0. The molecule has 92 valence electrons. The maximum absolute atomic E-state index is 3.49. The summed E-state index contributed by atoms with van der Waals surface area (Å²) in [7, 11) is 2.24. The summed E-state index contributed by atoms with van der Waals surface area (Å²) in [4.78, 5) is 5.03. The van der Waals surface area contributed by atoms with Crippen molar-refractivity contribution in [3.63, 3.8) is 0 Å². The lowest BCUT2D eigenvalue weighted by Crippen LogP contribution is -2.53. The van der Waals surface area contributed by atoms with Gasteiger partial charge in [-0.25, -0.2) is 0 Å². The van der Waals surface area contributed by atoms with Crippen LogP contribution in [0.2, 0.25) is 0 Å². The van der Waals surface area contributed by atoms with E-state index in [0.717, 1.165) is 19.6 Å². The Bertz CT molecular complexity index is 391. The summed E-state index contributed by atoms with van der Waals surface area (Å²) >= 11 is 0. The third-order valence-electron chi connectivity index (χ3n) is 4.06. The second-order valence-electron chi connectivity index (χ2n) is 5.16. The summed E-state index contributed by atoms with van der Waals surface area (Å²) in [5.41, 5.74) is 2.96. The van der Waals surface area contributed by atoms with Crippen molar-refractivity contribution in [2.45, 2.75) is 12.5 Å². The number of hydrogen-bond acceptors (Lipinski definition) is 3. The molecule has 1 unspecified atom stereocenters. The quantitative estimate of drug-likeness (QED) is 0.817. The summed E-state index contributed by atoms with van der Waals surface area (Å²) in [6.07, 6.45) is 1.21. The SMILES string of the molecule is CN1CCNCC1CN1CCc2ccccc21. The van der Waals surface area contributed by atoms with Crippen LogP contribution in [0.3, 0.4) is 0 Å². The predicted octanol–water partition coefficient (Wildman–Crippen LogP) is 0.953. The molecule has 0 amide bonds. The van der Waals surface area contributed by atoms with Gasteiger partial charge < -0.3 is 10.2 Å². The number of likely N-dealkylation sites (N-methyl/N-ethyl adjacent to an activating group) is 1. The van der Waals surface area contributed by atoms with E-state index in [1.165, 1.54) is 30.8 Å². The molecule has 1 N–H and O–H groups in total. The summed E-state index contributed by atoms with van der Waals surface area (Å²) in [6, 6.07) is 9.47. The van der Waals surface area contributed by atoms with Crippen LogP contribution in [0.5, 0.6) is 0 Å². The van der Waals surface area contributed by atoms with Crippen LogP contribution in [0.1, 0.15) is 5.56 Å². The molecule has 1 atom stereocenters. The number of hydrogen-bond donors (Lipinski definition) is 1. The van der Waals surface area contributed by atoms with Crippen molar-refractivity contribution in [3.8, 4) is 0 Å². The number of anilines is 1. The minimum atomic E-state index is 0.648. The molecule has 1 fully saturated rings. The summed E-state index contributed by atoms with van der Waals surface area (Å²) in [5, 5.41) is 3.49. The van der Waals surface area contributed by atoms with Gasteiger partial charge in [-0.15, -0.1) is 0 Å². The molecule has 1 aromatic rings. The van der Waals surface area contributed by atoms with Crippen LogP contribution >= 0.6 is 0 Å². The fourth-order valence-corrected chi connectivity index (χ4v) is 2.92. The highest BCUT2D eigenvalue weighted by molar-refractivity contribution is 5.57. The molecule has 3 heteroatoms. The lowest BCUT2D eigenvalue weighted by molar-refractivity contribution is 0.203. The number of fused-ring (bicyclic) bond motifs is 1. The van der Waals surface area contributed by atoms with Crippen molar-refractivity contribution in [2.24, 2.45) is 0 Å². The molecule has 0 radical (unpaired) electrons. The van der Waals surface area contributed by atoms with Crippen molar-refractivity contribution in [3.05, 3.63) is 29.8 Å². The van der Waals surface area contributed by atoms with Crippen LogP contribution in [0.15, 0.2) is 24.3 Å². The van der Waals surface area contributed by atoms with Crippen LogP contribution in [-0.4, -0.2) is 50.7 Å². The fraction of sp³-hybridized carbons (Fsp3) is 0.571. The average molecular weight is 231 g/mol. The van der Waals surface area contributed by atoms with E-state index in [1.54, 1.807) is 0 Å². The molecular weight excluding hydrogens is 210 g/mol. The first-order valence-electron chi connectivity index (χ1n) is 6.58. The monoisotopic (exact) mass is 231 g/mol. The van der Waals surface area contributed by atoms with Gasteiger partial charge in [0.05, 0.1) is 0 Å². The van der Waals surface area contributed by atoms with E-state index in [-0.39, 0.29) is 0 Å². The third kappa shape index (κ3) is 2.17. The van der Waals surface area contributed by atoms with E-state index >= 15 is 0 Å². The molecule has 0 saturated carbocycles. The highest BCUT2D eigenvalue weighted by atomic mass is 15.3. The van der Waals surface area contributed by atoms with Crippen LogP contribution in [0, 0.1) is 0 Å².